The van der Waals surface area contributed by atoms with Crippen LogP contribution in [-0.2, 0) is 16.0 Å². The third kappa shape index (κ3) is 5.00. The standard InChI is InChI=1S/C19H25F2N3O2/c20-19(21)12-16(22-13-19)18(26)23-15-8-10-24(11-9-15)17(25)7-6-14-4-2-1-3-5-14/h1-5,15-16,22H,6-13H2,(H,23,26). The van der Waals surface area contributed by atoms with Crippen molar-refractivity contribution in [3.8, 4) is 0 Å². The molecule has 2 heterocycles. The van der Waals surface area contributed by atoms with Crippen LogP contribution in [0, 0.1) is 0 Å². The summed E-state index contributed by atoms with van der Waals surface area (Å²) in [7, 11) is 0. The van der Waals surface area contributed by atoms with Crippen molar-refractivity contribution >= 4 is 11.8 Å². The number of alkyl halides is 2. The number of piperidine rings is 1. The summed E-state index contributed by atoms with van der Waals surface area (Å²) in [6, 6.07) is 9.01. The number of hydrogen-bond donors (Lipinski definition) is 2. The van der Waals surface area contributed by atoms with Crippen LogP contribution in [-0.4, -0.2) is 54.4 Å². The minimum Gasteiger partial charge on any atom is -0.352 e. The molecule has 3 rings (SSSR count). The molecule has 0 spiro atoms. The Bertz CT molecular complexity index is 631. The fraction of sp³-hybridized carbons (Fsp3) is 0.579. The maximum absolute atomic E-state index is 13.2. The summed E-state index contributed by atoms with van der Waals surface area (Å²) in [5.41, 5.74) is 1.14. The Balaban J connectivity index is 1.38. The van der Waals surface area contributed by atoms with Crippen LogP contribution in [0.4, 0.5) is 8.78 Å². The van der Waals surface area contributed by atoms with E-state index in [0.717, 1.165) is 12.0 Å². The topological polar surface area (TPSA) is 61.4 Å². The molecule has 2 fully saturated rings. The number of aryl methyl sites for hydroxylation is 1. The number of amides is 2. The molecule has 2 saturated heterocycles. The van der Waals surface area contributed by atoms with Gasteiger partial charge in [-0.05, 0) is 24.8 Å². The van der Waals surface area contributed by atoms with Crippen LogP contribution in [0.1, 0.15) is 31.2 Å². The van der Waals surface area contributed by atoms with Gasteiger partial charge in [-0.2, -0.15) is 0 Å². The Morgan fingerprint density at radius 2 is 1.88 bits per heavy atom. The maximum atomic E-state index is 13.2. The maximum Gasteiger partial charge on any atom is 0.262 e. The predicted octanol–water partition coefficient (Wildman–Crippen LogP) is 1.72. The summed E-state index contributed by atoms with van der Waals surface area (Å²) in [6.07, 6.45) is 2.06. The number of hydrogen-bond acceptors (Lipinski definition) is 3. The monoisotopic (exact) mass is 365 g/mol. The van der Waals surface area contributed by atoms with Gasteiger partial charge in [-0.25, -0.2) is 8.78 Å². The third-order valence-corrected chi connectivity index (χ3v) is 5.09. The molecule has 2 N–H and O–H groups in total. The van der Waals surface area contributed by atoms with Crippen molar-refractivity contribution in [3.05, 3.63) is 35.9 Å². The van der Waals surface area contributed by atoms with E-state index >= 15 is 0 Å². The average Bonchev–Trinajstić information content (AvgIpc) is 3.01. The highest BCUT2D eigenvalue weighted by molar-refractivity contribution is 5.82. The van der Waals surface area contributed by atoms with E-state index in [-0.39, 0.29) is 17.9 Å². The summed E-state index contributed by atoms with van der Waals surface area (Å²) in [4.78, 5) is 26.2. The first kappa shape index (κ1) is 18.8. The van der Waals surface area contributed by atoms with Crippen molar-refractivity contribution < 1.29 is 18.4 Å². The number of rotatable bonds is 5. The Hall–Kier alpha value is -2.02. The molecule has 5 nitrogen and oxygen atoms in total. The smallest absolute Gasteiger partial charge is 0.262 e. The summed E-state index contributed by atoms with van der Waals surface area (Å²) < 4.78 is 26.4. The second-order valence-corrected chi connectivity index (χ2v) is 7.14. The highest BCUT2D eigenvalue weighted by Gasteiger charge is 2.42. The van der Waals surface area contributed by atoms with Gasteiger partial charge < -0.3 is 10.2 Å². The van der Waals surface area contributed by atoms with E-state index in [1.54, 1.807) is 0 Å². The van der Waals surface area contributed by atoms with Gasteiger partial charge in [-0.1, -0.05) is 30.3 Å². The molecule has 2 aliphatic heterocycles. The molecule has 7 heteroatoms. The first-order valence-corrected chi connectivity index (χ1v) is 9.16. The minimum atomic E-state index is -2.81. The van der Waals surface area contributed by atoms with Crippen molar-refractivity contribution in [1.82, 2.24) is 15.5 Å². The Morgan fingerprint density at radius 1 is 1.19 bits per heavy atom. The molecule has 142 valence electrons. The second kappa shape index (κ2) is 8.12. The number of likely N-dealkylation sites (tertiary alicyclic amines) is 1. The Labute approximate surface area is 152 Å². The zero-order valence-corrected chi connectivity index (χ0v) is 14.7. The number of nitrogens with one attached hydrogen (secondary N) is 2. The van der Waals surface area contributed by atoms with Gasteiger partial charge in [0, 0.05) is 32.0 Å². The molecular formula is C19H25F2N3O2. The largest absolute Gasteiger partial charge is 0.352 e. The molecule has 2 aliphatic rings. The Kier molecular flexibility index (Phi) is 5.86. The van der Waals surface area contributed by atoms with Crippen LogP contribution < -0.4 is 10.6 Å². The lowest BCUT2D eigenvalue weighted by atomic mass is 10.0. The van der Waals surface area contributed by atoms with E-state index in [1.807, 2.05) is 35.2 Å². The fourth-order valence-electron chi connectivity index (χ4n) is 3.53. The van der Waals surface area contributed by atoms with Crippen LogP contribution in [0.15, 0.2) is 30.3 Å². The highest BCUT2D eigenvalue weighted by atomic mass is 19.3. The molecular weight excluding hydrogens is 340 g/mol. The van der Waals surface area contributed by atoms with Crippen LogP contribution in [0.5, 0.6) is 0 Å². The average molecular weight is 365 g/mol. The van der Waals surface area contributed by atoms with Crippen LogP contribution in [0.3, 0.4) is 0 Å². The number of carbonyl (C=O) groups excluding carboxylic acids is 2. The number of benzene rings is 1. The Morgan fingerprint density at radius 3 is 2.50 bits per heavy atom. The summed E-state index contributed by atoms with van der Waals surface area (Å²) >= 11 is 0. The molecule has 0 bridgehead atoms. The molecule has 1 atom stereocenters. The van der Waals surface area contributed by atoms with Gasteiger partial charge in [0.25, 0.3) is 5.92 Å². The second-order valence-electron chi connectivity index (χ2n) is 7.14. The van der Waals surface area contributed by atoms with Crippen molar-refractivity contribution in [3.63, 3.8) is 0 Å². The lowest BCUT2D eigenvalue weighted by Crippen LogP contribution is -2.50. The van der Waals surface area contributed by atoms with Crippen LogP contribution in [0.2, 0.25) is 0 Å². The molecule has 26 heavy (non-hydrogen) atoms. The number of halogens is 2. The van der Waals surface area contributed by atoms with Gasteiger partial charge in [-0.3, -0.25) is 14.9 Å². The predicted molar refractivity (Wildman–Crippen MR) is 93.9 cm³/mol. The van der Waals surface area contributed by atoms with Gasteiger partial charge in [0.05, 0.1) is 12.6 Å². The lowest BCUT2D eigenvalue weighted by Gasteiger charge is -2.33. The van der Waals surface area contributed by atoms with E-state index in [1.165, 1.54) is 0 Å². The van der Waals surface area contributed by atoms with Gasteiger partial charge in [0.1, 0.15) is 0 Å². The van der Waals surface area contributed by atoms with Crippen LogP contribution >= 0.6 is 0 Å². The van der Waals surface area contributed by atoms with E-state index in [0.29, 0.717) is 32.4 Å². The molecule has 1 unspecified atom stereocenters. The highest BCUT2D eigenvalue weighted by Crippen LogP contribution is 2.25. The van der Waals surface area contributed by atoms with E-state index in [4.69, 9.17) is 0 Å². The molecule has 1 aromatic carbocycles. The van der Waals surface area contributed by atoms with Crippen molar-refractivity contribution in [2.24, 2.45) is 0 Å². The van der Waals surface area contributed by atoms with Crippen molar-refractivity contribution in [1.29, 1.82) is 0 Å². The normalized spacial score (nSPS) is 23.0. The summed E-state index contributed by atoms with van der Waals surface area (Å²) in [5.74, 6) is -3.05. The third-order valence-electron chi connectivity index (χ3n) is 5.09. The van der Waals surface area contributed by atoms with Crippen molar-refractivity contribution in [2.45, 2.75) is 50.1 Å². The molecule has 0 aromatic heterocycles. The molecule has 2 amide bonds. The minimum absolute atomic E-state index is 0.0586. The molecule has 0 radical (unpaired) electrons. The summed E-state index contributed by atoms with van der Waals surface area (Å²) in [6.45, 7) is 0.735. The lowest BCUT2D eigenvalue weighted by molar-refractivity contribution is -0.132. The SMILES string of the molecule is O=C(NC1CCN(C(=O)CCc2ccccc2)CC1)C1CC(F)(F)CN1. The first-order chi connectivity index (χ1) is 12.4. The first-order valence-electron chi connectivity index (χ1n) is 9.16. The van der Waals surface area contributed by atoms with Gasteiger partial charge >= 0.3 is 0 Å². The molecule has 1 aromatic rings. The van der Waals surface area contributed by atoms with Crippen molar-refractivity contribution in [2.75, 3.05) is 19.6 Å². The van der Waals surface area contributed by atoms with Crippen LogP contribution in [0.25, 0.3) is 0 Å². The van der Waals surface area contributed by atoms with E-state index in [9.17, 15) is 18.4 Å². The quantitative estimate of drug-likeness (QED) is 0.835. The van der Waals surface area contributed by atoms with E-state index < -0.39 is 24.9 Å². The summed E-state index contributed by atoms with van der Waals surface area (Å²) in [5, 5.41) is 5.41. The fourth-order valence-corrected chi connectivity index (χ4v) is 3.53. The zero-order chi connectivity index (χ0) is 18.6. The van der Waals surface area contributed by atoms with Gasteiger partial charge in [-0.15, -0.1) is 0 Å². The number of nitrogens with zero attached hydrogens (tertiary/aromatic N) is 1. The molecule has 0 saturated carbocycles. The van der Waals surface area contributed by atoms with Gasteiger partial charge in [0.15, 0.2) is 0 Å². The van der Waals surface area contributed by atoms with E-state index in [2.05, 4.69) is 10.6 Å². The molecule has 0 aliphatic carbocycles. The zero-order valence-electron chi connectivity index (χ0n) is 14.7. The number of carbonyl (C=O) groups is 2. The van der Waals surface area contributed by atoms with Gasteiger partial charge in [0.2, 0.25) is 11.8 Å².